The van der Waals surface area contributed by atoms with E-state index in [-0.39, 0.29) is 23.7 Å². The smallest absolute Gasteiger partial charge is 0.272 e. The molecule has 4 rings (SSSR count). The lowest BCUT2D eigenvalue weighted by atomic mass is 10.2. The average molecular weight is 392 g/mol. The highest BCUT2D eigenvalue weighted by molar-refractivity contribution is 7.13. The van der Waals surface area contributed by atoms with Gasteiger partial charge in [0.05, 0.1) is 23.7 Å². The van der Waals surface area contributed by atoms with Crippen molar-refractivity contribution >= 4 is 17.2 Å². The van der Waals surface area contributed by atoms with Crippen molar-refractivity contribution in [3.63, 3.8) is 0 Å². The quantitative estimate of drug-likeness (QED) is 0.545. The fourth-order valence-electron chi connectivity index (χ4n) is 2.60. The molecule has 1 aromatic carbocycles. The normalized spacial score (nSPS) is 10.7. The van der Waals surface area contributed by atoms with Gasteiger partial charge in [0.1, 0.15) is 12.0 Å². The van der Waals surface area contributed by atoms with Gasteiger partial charge in [-0.2, -0.15) is 5.10 Å². The summed E-state index contributed by atoms with van der Waals surface area (Å²) in [7, 11) is 0. The maximum atomic E-state index is 12.4. The molecule has 0 aliphatic carbocycles. The Bertz CT molecular complexity index is 1130. The molecule has 28 heavy (non-hydrogen) atoms. The first-order valence-corrected chi connectivity index (χ1v) is 9.45. The highest BCUT2D eigenvalue weighted by atomic mass is 32.1. The largest absolute Gasteiger partial charge is 0.443 e. The Labute approximate surface area is 164 Å². The molecule has 0 aliphatic rings. The maximum Gasteiger partial charge on any atom is 0.272 e. The molecule has 0 aliphatic heterocycles. The summed E-state index contributed by atoms with van der Waals surface area (Å²) >= 11 is 1.53. The van der Waals surface area contributed by atoms with Crippen LogP contribution in [-0.4, -0.2) is 20.7 Å². The second kappa shape index (κ2) is 8.01. The van der Waals surface area contributed by atoms with E-state index in [9.17, 15) is 9.59 Å². The molecule has 0 atom stereocenters. The zero-order valence-electron chi connectivity index (χ0n) is 14.7. The number of thiophene rings is 1. The van der Waals surface area contributed by atoms with Crippen molar-refractivity contribution in [1.82, 2.24) is 20.1 Å². The minimum absolute atomic E-state index is 0.164. The Morgan fingerprint density at radius 2 is 1.96 bits per heavy atom. The van der Waals surface area contributed by atoms with Crippen LogP contribution in [0.25, 0.3) is 10.8 Å². The first kappa shape index (κ1) is 17.9. The number of carbonyl (C=O) groups excluding carboxylic acids is 1. The molecule has 3 heterocycles. The van der Waals surface area contributed by atoms with Crippen molar-refractivity contribution in [3.8, 4) is 10.8 Å². The number of nitrogens with one attached hydrogen (secondary N) is 1. The third-order valence-electron chi connectivity index (χ3n) is 3.99. The Hall–Kier alpha value is -3.52. The summed E-state index contributed by atoms with van der Waals surface area (Å²) in [5.74, 6) is 0.135. The Kier molecular flexibility index (Phi) is 5.11. The van der Waals surface area contributed by atoms with Crippen molar-refractivity contribution in [3.05, 3.63) is 93.5 Å². The lowest BCUT2D eigenvalue weighted by molar-refractivity contribution is 0.0943. The Morgan fingerprint density at radius 1 is 1.11 bits per heavy atom. The topological polar surface area (TPSA) is 90.0 Å². The van der Waals surface area contributed by atoms with Crippen LogP contribution in [0, 0.1) is 0 Å². The van der Waals surface area contributed by atoms with Gasteiger partial charge in [-0.15, -0.1) is 11.3 Å². The van der Waals surface area contributed by atoms with Gasteiger partial charge in [0.15, 0.2) is 0 Å². The van der Waals surface area contributed by atoms with Gasteiger partial charge in [-0.1, -0.05) is 36.4 Å². The van der Waals surface area contributed by atoms with Crippen molar-refractivity contribution in [2.45, 2.75) is 13.1 Å². The van der Waals surface area contributed by atoms with Crippen LogP contribution in [0.2, 0.25) is 0 Å². The summed E-state index contributed by atoms with van der Waals surface area (Å²) in [6, 6.07) is 16.1. The number of hydrogen-bond acceptors (Lipinski definition) is 6. The summed E-state index contributed by atoms with van der Waals surface area (Å²) in [5.41, 5.74) is 1.43. The van der Waals surface area contributed by atoms with E-state index in [4.69, 9.17) is 4.42 Å². The summed E-state index contributed by atoms with van der Waals surface area (Å²) in [5, 5.41) is 8.87. The fraction of sp³-hybridized carbons (Fsp3) is 0.100. The lowest BCUT2D eigenvalue weighted by Gasteiger charge is -2.07. The van der Waals surface area contributed by atoms with Gasteiger partial charge in [-0.25, -0.2) is 9.67 Å². The van der Waals surface area contributed by atoms with Crippen LogP contribution in [-0.2, 0) is 13.1 Å². The number of nitrogens with zero attached hydrogens (tertiary/aromatic N) is 3. The molecular formula is C20H16N4O3S. The molecular weight excluding hydrogens is 376 g/mol. The van der Waals surface area contributed by atoms with Gasteiger partial charge in [0.25, 0.3) is 11.5 Å². The van der Waals surface area contributed by atoms with Crippen LogP contribution >= 0.6 is 11.3 Å². The Morgan fingerprint density at radius 3 is 2.75 bits per heavy atom. The zero-order chi connectivity index (χ0) is 19.3. The molecule has 0 saturated heterocycles. The van der Waals surface area contributed by atoms with Crippen molar-refractivity contribution in [2.75, 3.05) is 0 Å². The van der Waals surface area contributed by atoms with Gasteiger partial charge in [-0.3, -0.25) is 9.59 Å². The number of benzene rings is 1. The third kappa shape index (κ3) is 4.07. The second-order valence-corrected chi connectivity index (χ2v) is 6.95. The molecule has 3 aromatic heterocycles. The standard InChI is InChI=1S/C20H16N4O3S/c25-18-9-8-16(23-24(18)12-14-5-2-1-3-6-14)19(26)21-11-15-13-27-20(22-15)17-7-4-10-28-17/h1-10,13H,11-12H2,(H,21,26). The summed E-state index contributed by atoms with van der Waals surface area (Å²) in [6.07, 6.45) is 1.51. The second-order valence-electron chi connectivity index (χ2n) is 6.00. The molecule has 0 spiro atoms. The number of aromatic nitrogens is 3. The predicted molar refractivity (Wildman–Crippen MR) is 105 cm³/mol. The van der Waals surface area contributed by atoms with Crippen LogP contribution in [0.3, 0.4) is 0 Å². The SMILES string of the molecule is O=C(NCc1coc(-c2cccs2)n1)c1ccc(=O)n(Cc2ccccc2)n1. The summed E-state index contributed by atoms with van der Waals surface area (Å²) in [6.45, 7) is 0.501. The molecule has 4 aromatic rings. The molecule has 0 fully saturated rings. The molecule has 0 bridgehead atoms. The predicted octanol–water partition coefficient (Wildman–Crippen LogP) is 2.94. The molecule has 7 nitrogen and oxygen atoms in total. The first-order chi connectivity index (χ1) is 13.7. The number of rotatable bonds is 6. The van der Waals surface area contributed by atoms with Gasteiger partial charge in [0, 0.05) is 6.07 Å². The van der Waals surface area contributed by atoms with E-state index in [0.29, 0.717) is 18.1 Å². The van der Waals surface area contributed by atoms with Crippen LogP contribution in [0.1, 0.15) is 21.7 Å². The summed E-state index contributed by atoms with van der Waals surface area (Å²) in [4.78, 5) is 29.7. The maximum absolute atomic E-state index is 12.4. The van der Waals surface area contributed by atoms with E-state index in [0.717, 1.165) is 10.4 Å². The van der Waals surface area contributed by atoms with E-state index < -0.39 is 0 Å². The molecule has 1 amide bonds. The molecule has 0 saturated carbocycles. The molecule has 0 unspecified atom stereocenters. The molecule has 140 valence electrons. The number of carbonyl (C=O) groups is 1. The van der Waals surface area contributed by atoms with E-state index >= 15 is 0 Å². The fourth-order valence-corrected chi connectivity index (χ4v) is 3.26. The van der Waals surface area contributed by atoms with Crippen molar-refractivity contribution in [1.29, 1.82) is 0 Å². The van der Waals surface area contributed by atoms with E-state index in [2.05, 4.69) is 15.4 Å². The Balaban J connectivity index is 1.43. The lowest BCUT2D eigenvalue weighted by Crippen LogP contribution is -2.29. The minimum atomic E-state index is -0.387. The summed E-state index contributed by atoms with van der Waals surface area (Å²) < 4.78 is 6.71. The monoisotopic (exact) mass is 392 g/mol. The number of hydrogen-bond donors (Lipinski definition) is 1. The average Bonchev–Trinajstić information content (AvgIpc) is 3.40. The van der Waals surface area contributed by atoms with Crippen LogP contribution in [0.5, 0.6) is 0 Å². The van der Waals surface area contributed by atoms with E-state index in [1.165, 1.54) is 34.4 Å². The van der Waals surface area contributed by atoms with Gasteiger partial charge in [-0.05, 0) is 23.1 Å². The highest BCUT2D eigenvalue weighted by Gasteiger charge is 2.12. The van der Waals surface area contributed by atoms with Gasteiger partial charge < -0.3 is 9.73 Å². The highest BCUT2D eigenvalue weighted by Crippen LogP contribution is 2.23. The zero-order valence-corrected chi connectivity index (χ0v) is 15.6. The van der Waals surface area contributed by atoms with Gasteiger partial charge in [0.2, 0.25) is 5.89 Å². The van der Waals surface area contributed by atoms with Gasteiger partial charge >= 0.3 is 0 Å². The van der Waals surface area contributed by atoms with Crippen LogP contribution in [0.15, 0.2) is 75.5 Å². The molecule has 8 heteroatoms. The van der Waals surface area contributed by atoms with E-state index in [1.807, 2.05) is 47.8 Å². The third-order valence-corrected chi connectivity index (χ3v) is 4.85. The van der Waals surface area contributed by atoms with Crippen LogP contribution < -0.4 is 10.9 Å². The number of oxazole rings is 1. The first-order valence-electron chi connectivity index (χ1n) is 8.57. The molecule has 1 N–H and O–H groups in total. The number of amides is 1. The van der Waals surface area contributed by atoms with Crippen molar-refractivity contribution < 1.29 is 9.21 Å². The van der Waals surface area contributed by atoms with Crippen molar-refractivity contribution in [2.24, 2.45) is 0 Å². The van der Waals surface area contributed by atoms with Crippen LogP contribution in [0.4, 0.5) is 0 Å². The molecule has 0 radical (unpaired) electrons. The van der Waals surface area contributed by atoms with E-state index in [1.54, 1.807) is 0 Å². The minimum Gasteiger partial charge on any atom is -0.443 e.